The molecule has 0 saturated heterocycles. The molecule has 0 spiro atoms. The number of nitrogens with one attached hydrogen (secondary N) is 1. The number of rotatable bonds is 4. The standard InChI is InChI=1S/C11H10N2O2/c1-2-12-11(15)9(8-14)7-10-5-3-4-6-13-10/h2-8H,1H2,(H,12,15)/b9-7+. The zero-order chi connectivity index (χ0) is 11.1. The Kier molecular flexibility index (Phi) is 3.97. The first-order valence-corrected chi connectivity index (χ1v) is 4.27. The van der Waals surface area contributed by atoms with Crippen molar-refractivity contribution in [3.63, 3.8) is 0 Å². The van der Waals surface area contributed by atoms with Crippen molar-refractivity contribution in [3.05, 3.63) is 48.4 Å². The van der Waals surface area contributed by atoms with Gasteiger partial charge in [0, 0.05) is 6.20 Å². The van der Waals surface area contributed by atoms with Crippen LogP contribution in [0.5, 0.6) is 0 Å². The summed E-state index contributed by atoms with van der Waals surface area (Å²) in [6, 6.07) is 5.22. The highest BCUT2D eigenvalue weighted by Crippen LogP contribution is 2.01. The molecule has 0 saturated carbocycles. The monoisotopic (exact) mass is 202 g/mol. The summed E-state index contributed by atoms with van der Waals surface area (Å²) in [6.07, 6.45) is 4.69. The predicted octanol–water partition coefficient (Wildman–Crippen LogP) is 0.924. The highest BCUT2D eigenvalue weighted by molar-refractivity contribution is 6.14. The zero-order valence-corrected chi connectivity index (χ0v) is 8.01. The summed E-state index contributed by atoms with van der Waals surface area (Å²) in [7, 11) is 0. The minimum Gasteiger partial charge on any atom is -0.329 e. The SMILES string of the molecule is C=CNC(=O)/C(C=O)=C/c1ccccn1. The van der Waals surface area contributed by atoms with Crippen molar-refractivity contribution in [1.82, 2.24) is 10.3 Å². The average Bonchev–Trinajstić information content (AvgIpc) is 2.27. The molecular weight excluding hydrogens is 192 g/mol. The van der Waals surface area contributed by atoms with E-state index in [1.165, 1.54) is 12.3 Å². The van der Waals surface area contributed by atoms with Gasteiger partial charge in [-0.2, -0.15) is 0 Å². The third kappa shape index (κ3) is 3.19. The molecule has 1 N–H and O–H groups in total. The van der Waals surface area contributed by atoms with Crippen LogP contribution in [-0.4, -0.2) is 17.2 Å². The van der Waals surface area contributed by atoms with Crippen LogP contribution >= 0.6 is 0 Å². The number of hydrogen-bond donors (Lipinski definition) is 1. The van der Waals surface area contributed by atoms with Gasteiger partial charge in [0.15, 0.2) is 6.29 Å². The molecule has 0 unspecified atom stereocenters. The largest absolute Gasteiger partial charge is 0.329 e. The number of hydrogen-bond acceptors (Lipinski definition) is 3. The number of aromatic nitrogens is 1. The molecule has 1 aromatic heterocycles. The first-order valence-electron chi connectivity index (χ1n) is 4.27. The molecule has 0 radical (unpaired) electrons. The maximum Gasteiger partial charge on any atom is 0.258 e. The molecule has 0 aromatic carbocycles. The molecule has 0 aliphatic heterocycles. The molecule has 15 heavy (non-hydrogen) atoms. The summed E-state index contributed by atoms with van der Waals surface area (Å²) in [5, 5.41) is 2.31. The van der Waals surface area contributed by atoms with E-state index in [-0.39, 0.29) is 5.57 Å². The van der Waals surface area contributed by atoms with Crippen molar-refractivity contribution in [2.24, 2.45) is 0 Å². The number of nitrogens with zero attached hydrogens (tertiary/aromatic N) is 1. The molecule has 0 fully saturated rings. The van der Waals surface area contributed by atoms with Gasteiger partial charge >= 0.3 is 0 Å². The second kappa shape index (κ2) is 5.49. The first kappa shape index (κ1) is 10.8. The van der Waals surface area contributed by atoms with E-state index < -0.39 is 5.91 Å². The summed E-state index contributed by atoms with van der Waals surface area (Å²) in [6.45, 7) is 3.33. The van der Waals surface area contributed by atoms with E-state index in [2.05, 4.69) is 16.9 Å². The van der Waals surface area contributed by atoms with Crippen molar-refractivity contribution in [2.75, 3.05) is 0 Å². The Labute approximate surface area is 87.3 Å². The summed E-state index contributed by atoms with van der Waals surface area (Å²) >= 11 is 0. The van der Waals surface area contributed by atoms with E-state index in [0.29, 0.717) is 12.0 Å². The van der Waals surface area contributed by atoms with Crippen LogP contribution in [0, 0.1) is 0 Å². The van der Waals surface area contributed by atoms with Crippen LogP contribution in [0.4, 0.5) is 0 Å². The third-order valence-electron chi connectivity index (χ3n) is 1.61. The Morgan fingerprint density at radius 3 is 2.80 bits per heavy atom. The second-order valence-corrected chi connectivity index (χ2v) is 2.65. The maximum atomic E-state index is 11.3. The molecule has 76 valence electrons. The van der Waals surface area contributed by atoms with Crippen molar-refractivity contribution in [3.8, 4) is 0 Å². The van der Waals surface area contributed by atoms with Gasteiger partial charge in [0.1, 0.15) is 0 Å². The summed E-state index contributed by atoms with van der Waals surface area (Å²) in [5.41, 5.74) is 0.562. The Balaban J connectivity index is 2.92. The second-order valence-electron chi connectivity index (χ2n) is 2.65. The summed E-state index contributed by atoms with van der Waals surface area (Å²) < 4.78 is 0. The quantitative estimate of drug-likeness (QED) is 0.342. The van der Waals surface area contributed by atoms with Gasteiger partial charge < -0.3 is 5.32 Å². The lowest BCUT2D eigenvalue weighted by Gasteiger charge is -1.98. The lowest BCUT2D eigenvalue weighted by atomic mass is 10.2. The Morgan fingerprint density at radius 1 is 1.47 bits per heavy atom. The van der Waals surface area contributed by atoms with Gasteiger partial charge in [-0.25, -0.2) is 0 Å². The summed E-state index contributed by atoms with van der Waals surface area (Å²) in [5.74, 6) is -0.495. The number of carbonyl (C=O) groups excluding carboxylic acids is 2. The van der Waals surface area contributed by atoms with Gasteiger partial charge in [0.05, 0.1) is 11.3 Å². The fraction of sp³-hybridized carbons (Fsp3) is 0. The Hall–Kier alpha value is -2.23. The highest BCUT2D eigenvalue weighted by Gasteiger charge is 2.06. The maximum absolute atomic E-state index is 11.3. The van der Waals surface area contributed by atoms with E-state index in [0.717, 1.165) is 0 Å². The smallest absolute Gasteiger partial charge is 0.258 e. The van der Waals surface area contributed by atoms with E-state index >= 15 is 0 Å². The van der Waals surface area contributed by atoms with Crippen LogP contribution in [0.15, 0.2) is 42.7 Å². The Morgan fingerprint density at radius 2 is 2.27 bits per heavy atom. The number of amides is 1. The topological polar surface area (TPSA) is 59.1 Å². The van der Waals surface area contributed by atoms with Gasteiger partial charge in [-0.3, -0.25) is 14.6 Å². The summed E-state index contributed by atoms with van der Waals surface area (Å²) in [4.78, 5) is 25.9. The lowest BCUT2D eigenvalue weighted by Crippen LogP contribution is -2.19. The molecular formula is C11H10N2O2. The molecule has 1 amide bonds. The van der Waals surface area contributed by atoms with Gasteiger partial charge in [-0.1, -0.05) is 12.6 Å². The molecule has 0 atom stereocenters. The minimum atomic E-state index is -0.495. The van der Waals surface area contributed by atoms with Gasteiger partial charge in [-0.05, 0) is 24.4 Å². The fourth-order valence-corrected chi connectivity index (χ4v) is 0.950. The number of pyridine rings is 1. The van der Waals surface area contributed by atoms with Crippen LogP contribution in [0.25, 0.3) is 6.08 Å². The van der Waals surface area contributed by atoms with Crippen molar-refractivity contribution in [1.29, 1.82) is 0 Å². The van der Waals surface area contributed by atoms with E-state index in [1.54, 1.807) is 24.4 Å². The molecule has 1 heterocycles. The third-order valence-corrected chi connectivity index (χ3v) is 1.61. The normalized spacial score (nSPS) is 10.5. The highest BCUT2D eigenvalue weighted by atomic mass is 16.2. The molecule has 0 bridgehead atoms. The van der Waals surface area contributed by atoms with Crippen molar-refractivity contribution in [2.45, 2.75) is 0 Å². The molecule has 1 aromatic rings. The van der Waals surface area contributed by atoms with E-state index in [4.69, 9.17) is 0 Å². The van der Waals surface area contributed by atoms with Crippen LogP contribution < -0.4 is 5.32 Å². The fourth-order valence-electron chi connectivity index (χ4n) is 0.950. The number of carbonyl (C=O) groups is 2. The van der Waals surface area contributed by atoms with Crippen molar-refractivity contribution < 1.29 is 9.59 Å². The van der Waals surface area contributed by atoms with Gasteiger partial charge in [0.25, 0.3) is 5.91 Å². The number of aldehydes is 1. The minimum absolute atomic E-state index is 0.00796. The molecule has 0 aliphatic carbocycles. The predicted molar refractivity (Wildman–Crippen MR) is 56.6 cm³/mol. The van der Waals surface area contributed by atoms with Crippen LogP contribution in [0.3, 0.4) is 0 Å². The van der Waals surface area contributed by atoms with Crippen molar-refractivity contribution >= 4 is 18.3 Å². The van der Waals surface area contributed by atoms with Gasteiger partial charge in [-0.15, -0.1) is 0 Å². The van der Waals surface area contributed by atoms with E-state index in [9.17, 15) is 9.59 Å². The molecule has 1 rings (SSSR count). The van der Waals surface area contributed by atoms with E-state index in [1.807, 2.05) is 0 Å². The Bertz CT molecular complexity index is 396. The zero-order valence-electron chi connectivity index (χ0n) is 8.01. The first-order chi connectivity index (χ1) is 7.27. The lowest BCUT2D eigenvalue weighted by molar-refractivity contribution is -0.118. The molecule has 4 nitrogen and oxygen atoms in total. The van der Waals surface area contributed by atoms with Crippen LogP contribution in [-0.2, 0) is 9.59 Å². The van der Waals surface area contributed by atoms with Crippen LogP contribution in [0.2, 0.25) is 0 Å². The molecule has 0 aliphatic rings. The van der Waals surface area contributed by atoms with Gasteiger partial charge in [0.2, 0.25) is 0 Å². The van der Waals surface area contributed by atoms with Crippen LogP contribution in [0.1, 0.15) is 5.69 Å². The molecule has 4 heteroatoms. The average molecular weight is 202 g/mol.